The number of fused-ring (bicyclic) bond motifs is 1. The second kappa shape index (κ2) is 3.82. The Hall–Kier alpha value is -0.0800. The van der Waals surface area contributed by atoms with E-state index in [0.717, 1.165) is 18.8 Å². The average Bonchev–Trinajstić information content (AvgIpc) is 2.76. The summed E-state index contributed by atoms with van der Waals surface area (Å²) >= 11 is 0. The van der Waals surface area contributed by atoms with Crippen LogP contribution in [-0.4, -0.2) is 22.8 Å². The molecule has 0 radical (unpaired) electrons. The van der Waals surface area contributed by atoms with Gasteiger partial charge >= 0.3 is 0 Å². The third kappa shape index (κ3) is 1.59. The first kappa shape index (κ1) is 10.4. The second-order valence-corrected chi connectivity index (χ2v) is 5.06. The Morgan fingerprint density at radius 1 is 1.29 bits per heavy atom. The molecule has 82 valence electrons. The second-order valence-electron chi connectivity index (χ2n) is 5.06. The molecule has 0 spiro atoms. The summed E-state index contributed by atoms with van der Waals surface area (Å²) in [5, 5.41) is 14.1. The molecular formula is C12H23NO. The molecule has 2 rings (SSSR count). The van der Waals surface area contributed by atoms with Gasteiger partial charge in [0, 0.05) is 12.1 Å². The molecule has 0 aromatic heterocycles. The fourth-order valence-corrected chi connectivity index (χ4v) is 3.28. The summed E-state index contributed by atoms with van der Waals surface area (Å²) in [7, 11) is 0. The van der Waals surface area contributed by atoms with Crippen molar-refractivity contribution in [3.63, 3.8) is 0 Å². The topological polar surface area (TPSA) is 32.3 Å². The normalized spacial score (nSPS) is 37.5. The van der Waals surface area contributed by atoms with Crippen molar-refractivity contribution in [1.29, 1.82) is 0 Å². The first-order valence-corrected chi connectivity index (χ1v) is 6.18. The van der Waals surface area contributed by atoms with Crippen LogP contribution in [0.5, 0.6) is 0 Å². The van der Waals surface area contributed by atoms with Crippen molar-refractivity contribution in [2.75, 3.05) is 0 Å². The lowest BCUT2D eigenvalue weighted by atomic mass is 9.85. The summed E-state index contributed by atoms with van der Waals surface area (Å²) in [4.78, 5) is 0. The maximum Gasteiger partial charge on any atom is 0.0795 e. The lowest BCUT2D eigenvalue weighted by Crippen LogP contribution is -2.48. The van der Waals surface area contributed by atoms with Gasteiger partial charge in [-0.3, -0.25) is 0 Å². The van der Waals surface area contributed by atoms with Crippen molar-refractivity contribution in [2.45, 2.75) is 70.1 Å². The molecule has 14 heavy (non-hydrogen) atoms. The van der Waals surface area contributed by atoms with Crippen LogP contribution in [0.4, 0.5) is 0 Å². The number of rotatable bonds is 3. The van der Waals surface area contributed by atoms with Crippen LogP contribution in [0.25, 0.3) is 0 Å². The van der Waals surface area contributed by atoms with Crippen molar-refractivity contribution >= 4 is 0 Å². The fourth-order valence-electron chi connectivity index (χ4n) is 3.28. The van der Waals surface area contributed by atoms with Gasteiger partial charge in [-0.2, -0.15) is 0 Å². The van der Waals surface area contributed by atoms with Gasteiger partial charge < -0.3 is 10.4 Å². The monoisotopic (exact) mass is 197 g/mol. The standard InChI is InChI=1S/C12H23NO/c1-3-12(14,4-2)11-8-9-6-5-7-10(9)13-11/h9-11,13-14H,3-8H2,1-2H3. The molecule has 2 aliphatic rings. The Morgan fingerprint density at radius 3 is 2.57 bits per heavy atom. The molecule has 2 fully saturated rings. The molecule has 0 amide bonds. The van der Waals surface area contributed by atoms with Crippen LogP contribution in [-0.2, 0) is 0 Å². The van der Waals surface area contributed by atoms with Gasteiger partial charge in [0.15, 0.2) is 0 Å². The van der Waals surface area contributed by atoms with Crippen LogP contribution in [0.2, 0.25) is 0 Å². The van der Waals surface area contributed by atoms with E-state index in [1.807, 2.05) is 0 Å². The predicted molar refractivity (Wildman–Crippen MR) is 58.2 cm³/mol. The van der Waals surface area contributed by atoms with Gasteiger partial charge in [-0.1, -0.05) is 20.3 Å². The van der Waals surface area contributed by atoms with Gasteiger partial charge in [-0.05, 0) is 38.0 Å². The fraction of sp³-hybridized carbons (Fsp3) is 1.00. The van der Waals surface area contributed by atoms with Crippen LogP contribution in [0.1, 0.15) is 52.4 Å². The minimum absolute atomic E-state index is 0.354. The molecule has 1 saturated heterocycles. The molecule has 1 aliphatic heterocycles. The number of hydrogen-bond acceptors (Lipinski definition) is 2. The van der Waals surface area contributed by atoms with Gasteiger partial charge in [-0.25, -0.2) is 0 Å². The van der Waals surface area contributed by atoms with E-state index in [0.29, 0.717) is 12.1 Å². The lowest BCUT2D eigenvalue weighted by Gasteiger charge is -2.33. The highest BCUT2D eigenvalue weighted by atomic mass is 16.3. The highest BCUT2D eigenvalue weighted by Gasteiger charge is 2.44. The zero-order valence-corrected chi connectivity index (χ0v) is 9.42. The quantitative estimate of drug-likeness (QED) is 0.726. The molecule has 0 aromatic rings. The van der Waals surface area contributed by atoms with Crippen LogP contribution in [0, 0.1) is 5.92 Å². The van der Waals surface area contributed by atoms with Crippen molar-refractivity contribution in [3.05, 3.63) is 0 Å². The van der Waals surface area contributed by atoms with E-state index in [-0.39, 0.29) is 0 Å². The SMILES string of the molecule is CCC(O)(CC)C1CC2CCCC2N1. The van der Waals surface area contributed by atoms with E-state index in [1.165, 1.54) is 25.7 Å². The molecule has 1 aliphatic carbocycles. The van der Waals surface area contributed by atoms with Crippen LogP contribution >= 0.6 is 0 Å². The van der Waals surface area contributed by atoms with E-state index in [9.17, 15) is 5.11 Å². The number of nitrogens with one attached hydrogen (secondary N) is 1. The molecule has 2 nitrogen and oxygen atoms in total. The van der Waals surface area contributed by atoms with Crippen molar-refractivity contribution < 1.29 is 5.11 Å². The Balaban J connectivity index is 2.00. The van der Waals surface area contributed by atoms with E-state index in [1.54, 1.807) is 0 Å². The maximum absolute atomic E-state index is 10.4. The first-order chi connectivity index (χ1) is 6.69. The molecule has 0 bridgehead atoms. The highest BCUT2D eigenvalue weighted by molar-refractivity contribution is 5.02. The van der Waals surface area contributed by atoms with E-state index >= 15 is 0 Å². The predicted octanol–water partition coefficient (Wildman–Crippen LogP) is 2.07. The van der Waals surface area contributed by atoms with Gasteiger partial charge in [0.25, 0.3) is 0 Å². The van der Waals surface area contributed by atoms with Crippen LogP contribution in [0.3, 0.4) is 0 Å². The Labute approximate surface area is 87.1 Å². The maximum atomic E-state index is 10.4. The largest absolute Gasteiger partial charge is 0.388 e. The molecule has 2 heteroatoms. The zero-order chi connectivity index (χ0) is 10.2. The van der Waals surface area contributed by atoms with Gasteiger partial charge in [-0.15, -0.1) is 0 Å². The molecule has 1 heterocycles. The molecule has 3 atom stereocenters. The van der Waals surface area contributed by atoms with Crippen LogP contribution in [0.15, 0.2) is 0 Å². The summed E-state index contributed by atoms with van der Waals surface area (Å²) in [6.07, 6.45) is 7.03. The van der Waals surface area contributed by atoms with E-state index in [2.05, 4.69) is 19.2 Å². The van der Waals surface area contributed by atoms with Crippen molar-refractivity contribution in [3.8, 4) is 0 Å². The third-order valence-electron chi connectivity index (χ3n) is 4.49. The number of aliphatic hydroxyl groups is 1. The summed E-state index contributed by atoms with van der Waals surface area (Å²) in [6.45, 7) is 4.19. The van der Waals surface area contributed by atoms with Crippen LogP contribution < -0.4 is 5.32 Å². The Morgan fingerprint density at radius 2 is 2.00 bits per heavy atom. The lowest BCUT2D eigenvalue weighted by molar-refractivity contribution is -0.00251. The first-order valence-electron chi connectivity index (χ1n) is 6.18. The van der Waals surface area contributed by atoms with E-state index < -0.39 is 5.60 Å². The Bertz CT molecular complexity index is 188. The summed E-state index contributed by atoms with van der Waals surface area (Å²) < 4.78 is 0. The molecular weight excluding hydrogens is 174 g/mol. The third-order valence-corrected chi connectivity index (χ3v) is 4.49. The average molecular weight is 197 g/mol. The summed E-state index contributed by atoms with van der Waals surface area (Å²) in [5.74, 6) is 0.852. The minimum atomic E-state index is -0.454. The minimum Gasteiger partial charge on any atom is -0.388 e. The molecule has 1 saturated carbocycles. The number of hydrogen-bond donors (Lipinski definition) is 2. The van der Waals surface area contributed by atoms with E-state index in [4.69, 9.17) is 0 Å². The van der Waals surface area contributed by atoms with Gasteiger partial charge in [0.2, 0.25) is 0 Å². The van der Waals surface area contributed by atoms with Crippen molar-refractivity contribution in [2.24, 2.45) is 5.92 Å². The highest BCUT2D eigenvalue weighted by Crippen LogP contribution is 2.39. The molecule has 0 aromatic carbocycles. The van der Waals surface area contributed by atoms with Gasteiger partial charge in [0.1, 0.15) is 0 Å². The van der Waals surface area contributed by atoms with Crippen molar-refractivity contribution in [1.82, 2.24) is 5.32 Å². The summed E-state index contributed by atoms with van der Waals surface area (Å²) in [5.41, 5.74) is -0.454. The summed E-state index contributed by atoms with van der Waals surface area (Å²) in [6, 6.07) is 1.07. The smallest absolute Gasteiger partial charge is 0.0795 e. The van der Waals surface area contributed by atoms with Gasteiger partial charge in [0.05, 0.1) is 5.60 Å². The Kier molecular flexibility index (Phi) is 2.85. The zero-order valence-electron chi connectivity index (χ0n) is 9.42. The molecule has 2 N–H and O–H groups in total. The molecule has 3 unspecified atom stereocenters.